The van der Waals surface area contributed by atoms with E-state index in [-0.39, 0.29) is 0 Å². The molecule has 2 heterocycles. The minimum atomic E-state index is 0.358. The van der Waals surface area contributed by atoms with Crippen molar-refractivity contribution in [1.29, 1.82) is 0 Å². The smallest absolute Gasteiger partial charge is 0.172 e. The second-order valence-corrected chi connectivity index (χ2v) is 4.35. The largest absolute Gasteiger partial charge is 0.486 e. The fourth-order valence-electron chi connectivity index (χ4n) is 1.31. The molecule has 16 heavy (non-hydrogen) atoms. The van der Waals surface area contributed by atoms with Crippen LogP contribution in [0.1, 0.15) is 21.1 Å². The highest BCUT2D eigenvalue weighted by Gasteiger charge is 2.05. The van der Waals surface area contributed by atoms with Crippen molar-refractivity contribution < 1.29 is 9.53 Å². The Morgan fingerprint density at radius 2 is 2.31 bits per heavy atom. The van der Waals surface area contributed by atoms with Gasteiger partial charge in [-0.05, 0) is 30.5 Å². The molecular formula is C12H11NO2S. The van der Waals surface area contributed by atoms with Gasteiger partial charge in [0.05, 0.1) is 0 Å². The maximum atomic E-state index is 10.8. The number of aromatic nitrogens is 1. The average Bonchev–Trinajstić information content (AvgIpc) is 2.80. The van der Waals surface area contributed by atoms with Gasteiger partial charge in [-0.1, -0.05) is 6.07 Å². The van der Waals surface area contributed by atoms with Crippen LogP contribution in [0.3, 0.4) is 0 Å². The van der Waals surface area contributed by atoms with Gasteiger partial charge in [0, 0.05) is 10.6 Å². The monoisotopic (exact) mass is 233 g/mol. The molecule has 0 aliphatic rings. The summed E-state index contributed by atoms with van der Waals surface area (Å²) >= 11 is 1.63. The molecule has 0 radical (unpaired) electrons. The van der Waals surface area contributed by atoms with Crippen LogP contribution >= 0.6 is 11.3 Å². The molecule has 2 aromatic heterocycles. The Bertz CT molecular complexity index is 480. The van der Waals surface area contributed by atoms with E-state index in [4.69, 9.17) is 4.74 Å². The van der Waals surface area contributed by atoms with Gasteiger partial charge < -0.3 is 4.74 Å². The van der Waals surface area contributed by atoms with Gasteiger partial charge in [-0.25, -0.2) is 4.98 Å². The van der Waals surface area contributed by atoms with Crippen LogP contribution in [0.4, 0.5) is 0 Å². The highest BCUT2D eigenvalue weighted by molar-refractivity contribution is 7.09. The molecular weight excluding hydrogens is 222 g/mol. The lowest BCUT2D eigenvalue weighted by Gasteiger charge is -2.06. The number of carbonyl (C=O) groups excluding carboxylic acids is 1. The van der Waals surface area contributed by atoms with Crippen LogP contribution in [-0.2, 0) is 6.61 Å². The lowest BCUT2D eigenvalue weighted by molar-refractivity contribution is 0.111. The third-order valence-electron chi connectivity index (χ3n) is 2.09. The maximum absolute atomic E-state index is 10.8. The normalized spacial score (nSPS) is 10.1. The van der Waals surface area contributed by atoms with E-state index >= 15 is 0 Å². The molecule has 0 aromatic carbocycles. The molecule has 82 valence electrons. The predicted molar refractivity (Wildman–Crippen MR) is 63.0 cm³/mol. The fourth-order valence-corrected chi connectivity index (χ4v) is 1.93. The highest BCUT2D eigenvalue weighted by atomic mass is 32.1. The maximum Gasteiger partial charge on any atom is 0.172 e. The molecule has 0 aliphatic heterocycles. The molecule has 0 atom stereocenters. The Balaban J connectivity index is 2.12. The first-order valence-electron chi connectivity index (χ1n) is 4.87. The molecule has 0 fully saturated rings. The highest BCUT2D eigenvalue weighted by Crippen LogP contribution is 2.18. The molecule has 0 amide bonds. The number of aldehydes is 1. The van der Waals surface area contributed by atoms with Crippen LogP contribution in [0.15, 0.2) is 29.6 Å². The molecule has 0 N–H and O–H groups in total. The standard InChI is InChI=1S/C12H11NO2S/c1-9-4-5-12(11(7-14)13-9)15-8-10-3-2-6-16-10/h2-7H,8H2,1H3. The molecule has 0 saturated carbocycles. The van der Waals surface area contributed by atoms with Crippen molar-refractivity contribution in [3.8, 4) is 5.75 Å². The summed E-state index contributed by atoms with van der Waals surface area (Å²) in [6.07, 6.45) is 0.719. The van der Waals surface area contributed by atoms with Crippen molar-refractivity contribution in [1.82, 2.24) is 4.98 Å². The van der Waals surface area contributed by atoms with Crippen molar-refractivity contribution >= 4 is 17.6 Å². The number of hydrogen-bond donors (Lipinski definition) is 0. The molecule has 2 rings (SSSR count). The summed E-state index contributed by atoms with van der Waals surface area (Å²) < 4.78 is 5.54. The first-order valence-corrected chi connectivity index (χ1v) is 5.75. The van der Waals surface area contributed by atoms with Gasteiger partial charge >= 0.3 is 0 Å². The lowest BCUT2D eigenvalue weighted by atomic mass is 10.3. The topological polar surface area (TPSA) is 39.2 Å². The first kappa shape index (κ1) is 10.8. The average molecular weight is 233 g/mol. The van der Waals surface area contributed by atoms with E-state index in [1.807, 2.05) is 30.5 Å². The van der Waals surface area contributed by atoms with Gasteiger partial charge in [0.25, 0.3) is 0 Å². The number of hydrogen-bond acceptors (Lipinski definition) is 4. The minimum Gasteiger partial charge on any atom is -0.486 e. The Kier molecular flexibility index (Phi) is 3.31. The molecule has 0 spiro atoms. The van der Waals surface area contributed by atoms with E-state index in [9.17, 15) is 4.79 Å². The number of thiophene rings is 1. The molecule has 4 heteroatoms. The summed E-state index contributed by atoms with van der Waals surface area (Å²) in [5.41, 5.74) is 1.17. The second kappa shape index (κ2) is 4.90. The Hall–Kier alpha value is -1.68. The summed E-state index contributed by atoms with van der Waals surface area (Å²) in [7, 11) is 0. The summed E-state index contributed by atoms with van der Waals surface area (Å²) in [5, 5.41) is 1.99. The summed E-state index contributed by atoms with van der Waals surface area (Å²) in [6.45, 7) is 2.32. The van der Waals surface area contributed by atoms with E-state index in [2.05, 4.69) is 4.98 Å². The van der Waals surface area contributed by atoms with E-state index in [0.29, 0.717) is 18.1 Å². The Morgan fingerprint density at radius 1 is 1.44 bits per heavy atom. The van der Waals surface area contributed by atoms with E-state index in [1.165, 1.54) is 0 Å². The van der Waals surface area contributed by atoms with Crippen LogP contribution in [-0.4, -0.2) is 11.3 Å². The van der Waals surface area contributed by atoms with Crippen LogP contribution in [0.2, 0.25) is 0 Å². The predicted octanol–water partition coefficient (Wildman–Crippen LogP) is 2.84. The summed E-state index contributed by atoms with van der Waals surface area (Å²) in [6, 6.07) is 7.57. The molecule has 0 bridgehead atoms. The van der Waals surface area contributed by atoms with Crippen molar-refractivity contribution in [3.05, 3.63) is 45.9 Å². The summed E-state index contributed by atoms with van der Waals surface area (Å²) in [5.74, 6) is 0.536. The Morgan fingerprint density at radius 3 is 3.00 bits per heavy atom. The SMILES string of the molecule is Cc1ccc(OCc2cccs2)c(C=O)n1. The number of pyridine rings is 1. The fraction of sp³-hybridized carbons (Fsp3) is 0.167. The van der Waals surface area contributed by atoms with Crippen LogP contribution in [0.25, 0.3) is 0 Å². The quantitative estimate of drug-likeness (QED) is 0.762. The summed E-state index contributed by atoms with van der Waals surface area (Å²) in [4.78, 5) is 16.0. The van der Waals surface area contributed by atoms with Crippen LogP contribution < -0.4 is 4.74 Å². The molecule has 2 aromatic rings. The number of ether oxygens (including phenoxy) is 1. The molecule has 0 aliphatic carbocycles. The first-order chi connectivity index (χ1) is 7.79. The van der Waals surface area contributed by atoms with Crippen LogP contribution in [0, 0.1) is 6.92 Å². The number of rotatable bonds is 4. The third-order valence-corrected chi connectivity index (χ3v) is 2.94. The van der Waals surface area contributed by atoms with Crippen molar-refractivity contribution in [3.63, 3.8) is 0 Å². The van der Waals surface area contributed by atoms with Crippen molar-refractivity contribution in [2.75, 3.05) is 0 Å². The van der Waals surface area contributed by atoms with E-state index < -0.39 is 0 Å². The van der Waals surface area contributed by atoms with Crippen molar-refractivity contribution in [2.24, 2.45) is 0 Å². The third kappa shape index (κ3) is 2.46. The molecule has 0 unspecified atom stereocenters. The lowest BCUT2D eigenvalue weighted by Crippen LogP contribution is -1.99. The molecule has 3 nitrogen and oxygen atoms in total. The van der Waals surface area contributed by atoms with Gasteiger partial charge in [-0.2, -0.15) is 0 Å². The number of aryl methyl sites for hydroxylation is 1. The second-order valence-electron chi connectivity index (χ2n) is 3.32. The zero-order chi connectivity index (χ0) is 11.4. The van der Waals surface area contributed by atoms with E-state index in [1.54, 1.807) is 17.4 Å². The van der Waals surface area contributed by atoms with Gasteiger partial charge in [-0.15, -0.1) is 11.3 Å². The van der Waals surface area contributed by atoms with Crippen LogP contribution in [0.5, 0.6) is 5.75 Å². The van der Waals surface area contributed by atoms with Gasteiger partial charge in [0.15, 0.2) is 6.29 Å². The zero-order valence-electron chi connectivity index (χ0n) is 8.84. The number of nitrogens with zero attached hydrogens (tertiary/aromatic N) is 1. The molecule has 0 saturated heterocycles. The van der Waals surface area contributed by atoms with E-state index in [0.717, 1.165) is 16.9 Å². The number of carbonyl (C=O) groups is 1. The Labute approximate surface area is 97.7 Å². The van der Waals surface area contributed by atoms with Gasteiger partial charge in [0.1, 0.15) is 18.1 Å². The zero-order valence-corrected chi connectivity index (χ0v) is 9.66. The minimum absolute atomic E-state index is 0.358. The van der Waals surface area contributed by atoms with Gasteiger partial charge in [0.2, 0.25) is 0 Å². The van der Waals surface area contributed by atoms with Gasteiger partial charge in [-0.3, -0.25) is 4.79 Å². The van der Waals surface area contributed by atoms with Crippen molar-refractivity contribution in [2.45, 2.75) is 13.5 Å².